The molecule has 1 aromatic rings. The highest BCUT2D eigenvalue weighted by Crippen LogP contribution is 2.11. The molecule has 0 spiro atoms. The molecule has 0 N–H and O–H groups in total. The Morgan fingerprint density at radius 3 is 2.11 bits per heavy atom. The molecule has 1 aromatic heterocycles. The van der Waals surface area contributed by atoms with Crippen LogP contribution in [-0.2, 0) is 16.1 Å². The summed E-state index contributed by atoms with van der Waals surface area (Å²) in [4.78, 5) is 15.7. The number of unbranched alkanes of at least 4 members (excludes halogenated alkanes) is 12. The van der Waals surface area contributed by atoms with E-state index in [4.69, 9.17) is 4.74 Å². The fourth-order valence-corrected chi connectivity index (χ4v) is 3.24. The topological polar surface area (TPSA) is 39.2 Å². The van der Waals surface area contributed by atoms with Crippen molar-refractivity contribution in [3.05, 3.63) is 42.2 Å². The Morgan fingerprint density at radius 2 is 1.50 bits per heavy atom. The van der Waals surface area contributed by atoms with Gasteiger partial charge in [-0.1, -0.05) is 82.9 Å². The van der Waals surface area contributed by atoms with Crippen molar-refractivity contribution < 1.29 is 9.53 Å². The summed E-state index contributed by atoms with van der Waals surface area (Å²) in [6.07, 6.45) is 26.6. The van der Waals surface area contributed by atoms with Crippen molar-refractivity contribution in [1.29, 1.82) is 0 Å². The first kappa shape index (κ1) is 24.4. The first-order valence-corrected chi connectivity index (χ1v) is 11.5. The highest BCUT2D eigenvalue weighted by Gasteiger charge is 2.03. The van der Waals surface area contributed by atoms with Crippen LogP contribution in [0.3, 0.4) is 0 Å². The van der Waals surface area contributed by atoms with Crippen molar-refractivity contribution in [2.45, 2.75) is 110 Å². The Kier molecular flexibility index (Phi) is 16.3. The van der Waals surface area contributed by atoms with Gasteiger partial charge in [0.15, 0.2) is 0 Å². The van der Waals surface area contributed by atoms with Gasteiger partial charge in [-0.2, -0.15) is 0 Å². The van der Waals surface area contributed by atoms with Crippen molar-refractivity contribution in [1.82, 2.24) is 4.98 Å². The fraction of sp³-hybridized carbons (Fsp3) is 0.680. The van der Waals surface area contributed by atoms with Gasteiger partial charge in [-0.3, -0.25) is 9.78 Å². The highest BCUT2D eigenvalue weighted by atomic mass is 16.5. The number of carbonyl (C=O) groups is 1. The molecule has 0 saturated heterocycles. The summed E-state index contributed by atoms with van der Waals surface area (Å²) in [6.45, 7) is 2.60. The molecule has 0 aliphatic rings. The van der Waals surface area contributed by atoms with E-state index in [-0.39, 0.29) is 5.97 Å². The van der Waals surface area contributed by atoms with E-state index in [1.54, 1.807) is 12.4 Å². The van der Waals surface area contributed by atoms with Crippen molar-refractivity contribution in [2.24, 2.45) is 0 Å². The van der Waals surface area contributed by atoms with Crippen LogP contribution in [0.2, 0.25) is 0 Å². The van der Waals surface area contributed by atoms with Gasteiger partial charge in [0, 0.05) is 24.4 Å². The number of hydrogen-bond donors (Lipinski definition) is 0. The van der Waals surface area contributed by atoms with Crippen molar-refractivity contribution in [2.75, 3.05) is 0 Å². The van der Waals surface area contributed by atoms with Crippen LogP contribution in [0.15, 0.2) is 36.7 Å². The van der Waals surface area contributed by atoms with E-state index < -0.39 is 0 Å². The average molecular weight is 388 g/mol. The lowest BCUT2D eigenvalue weighted by Crippen LogP contribution is -2.04. The lowest BCUT2D eigenvalue weighted by atomic mass is 10.1. The van der Waals surface area contributed by atoms with E-state index in [1.807, 2.05) is 12.1 Å². The molecule has 28 heavy (non-hydrogen) atoms. The fourth-order valence-electron chi connectivity index (χ4n) is 3.24. The molecule has 3 heteroatoms. The van der Waals surface area contributed by atoms with Crippen LogP contribution in [0.1, 0.15) is 109 Å². The van der Waals surface area contributed by atoms with Gasteiger partial charge in [-0.05, 0) is 38.2 Å². The molecule has 158 valence electrons. The van der Waals surface area contributed by atoms with Gasteiger partial charge in [-0.25, -0.2) is 0 Å². The lowest BCUT2D eigenvalue weighted by Gasteiger charge is -2.04. The third kappa shape index (κ3) is 15.4. The third-order valence-electron chi connectivity index (χ3n) is 5.02. The van der Waals surface area contributed by atoms with Gasteiger partial charge in [-0.15, -0.1) is 0 Å². The van der Waals surface area contributed by atoms with Crippen LogP contribution < -0.4 is 0 Å². The van der Waals surface area contributed by atoms with Gasteiger partial charge < -0.3 is 4.74 Å². The molecule has 1 heterocycles. The van der Waals surface area contributed by atoms with E-state index in [0.717, 1.165) is 18.4 Å². The summed E-state index contributed by atoms with van der Waals surface area (Å²) in [5.41, 5.74) is 0.939. The number of ether oxygens (including phenoxy) is 1. The van der Waals surface area contributed by atoms with Crippen molar-refractivity contribution in [3.63, 3.8) is 0 Å². The van der Waals surface area contributed by atoms with Gasteiger partial charge >= 0.3 is 5.97 Å². The molecule has 0 bridgehead atoms. The lowest BCUT2D eigenvalue weighted by molar-refractivity contribution is -0.145. The van der Waals surface area contributed by atoms with E-state index in [2.05, 4.69) is 24.1 Å². The zero-order chi connectivity index (χ0) is 20.1. The summed E-state index contributed by atoms with van der Waals surface area (Å²) in [5, 5.41) is 0. The Morgan fingerprint density at radius 1 is 0.893 bits per heavy atom. The molecule has 0 unspecified atom stereocenters. The van der Waals surface area contributed by atoms with Crippen molar-refractivity contribution in [3.8, 4) is 0 Å². The molecule has 0 aliphatic carbocycles. The molecule has 0 atom stereocenters. The zero-order valence-electron chi connectivity index (χ0n) is 18.0. The summed E-state index contributed by atoms with van der Waals surface area (Å²) in [7, 11) is 0. The molecular weight excluding hydrogens is 346 g/mol. The summed E-state index contributed by atoms with van der Waals surface area (Å²) < 4.78 is 5.26. The van der Waals surface area contributed by atoms with E-state index in [1.165, 1.54) is 77.0 Å². The maximum Gasteiger partial charge on any atom is 0.306 e. The zero-order valence-corrected chi connectivity index (χ0v) is 18.0. The summed E-state index contributed by atoms with van der Waals surface area (Å²) >= 11 is 0. The van der Waals surface area contributed by atoms with Crippen LogP contribution in [-0.4, -0.2) is 11.0 Å². The maximum atomic E-state index is 11.7. The second kappa shape index (κ2) is 18.7. The highest BCUT2D eigenvalue weighted by molar-refractivity contribution is 5.69. The van der Waals surface area contributed by atoms with Crippen LogP contribution in [0.5, 0.6) is 0 Å². The Labute approximate surface area is 173 Å². The number of carbonyl (C=O) groups excluding carboxylic acids is 1. The smallest absolute Gasteiger partial charge is 0.306 e. The Hall–Kier alpha value is -1.64. The standard InChI is InChI=1S/C25H41NO2/c1-2-3-4-5-6-7-8-9-10-11-12-13-14-15-16-17-20-25(27)28-23-24-19-18-21-26-22-24/h11-12,18-19,21-22H,2-10,13-17,20,23H2,1H3/b12-11-. The number of rotatable bonds is 18. The van der Waals surface area contributed by atoms with Gasteiger partial charge in [0.25, 0.3) is 0 Å². The average Bonchev–Trinajstić information content (AvgIpc) is 2.72. The van der Waals surface area contributed by atoms with Crippen LogP contribution in [0, 0.1) is 0 Å². The molecular formula is C25H41NO2. The third-order valence-corrected chi connectivity index (χ3v) is 5.02. The summed E-state index contributed by atoms with van der Waals surface area (Å²) in [6, 6.07) is 3.77. The molecule has 0 radical (unpaired) electrons. The second-order valence-corrected chi connectivity index (χ2v) is 7.71. The number of hydrogen-bond acceptors (Lipinski definition) is 3. The number of nitrogens with zero attached hydrogens (tertiary/aromatic N) is 1. The predicted octanol–water partition coefficient (Wildman–Crippen LogP) is 7.55. The first-order valence-electron chi connectivity index (χ1n) is 11.5. The van der Waals surface area contributed by atoms with Crippen molar-refractivity contribution >= 4 is 5.97 Å². The Bertz CT molecular complexity index is 499. The number of esters is 1. The molecule has 0 amide bonds. The van der Waals surface area contributed by atoms with Crippen LogP contribution in [0.4, 0.5) is 0 Å². The number of pyridine rings is 1. The molecule has 0 aliphatic heterocycles. The monoisotopic (exact) mass is 387 g/mol. The predicted molar refractivity (Wildman–Crippen MR) is 118 cm³/mol. The normalized spacial score (nSPS) is 11.2. The second-order valence-electron chi connectivity index (χ2n) is 7.71. The molecule has 0 aromatic carbocycles. The minimum absolute atomic E-state index is 0.103. The summed E-state index contributed by atoms with van der Waals surface area (Å²) in [5.74, 6) is -0.103. The first-order chi connectivity index (χ1) is 13.8. The number of allylic oxidation sites excluding steroid dienone is 2. The Balaban J connectivity index is 1.81. The molecule has 0 saturated carbocycles. The van der Waals surface area contributed by atoms with Gasteiger partial charge in [0.1, 0.15) is 6.61 Å². The minimum atomic E-state index is -0.103. The van der Waals surface area contributed by atoms with E-state index in [9.17, 15) is 4.79 Å². The SMILES string of the molecule is CCCCCCCCCC/C=C\CCCCCCC(=O)OCc1cccnc1. The molecule has 1 rings (SSSR count). The molecule has 3 nitrogen and oxygen atoms in total. The van der Waals surface area contributed by atoms with E-state index in [0.29, 0.717) is 13.0 Å². The maximum absolute atomic E-state index is 11.7. The quantitative estimate of drug-likeness (QED) is 0.148. The molecule has 0 fully saturated rings. The number of aromatic nitrogens is 1. The van der Waals surface area contributed by atoms with Gasteiger partial charge in [0.2, 0.25) is 0 Å². The van der Waals surface area contributed by atoms with Gasteiger partial charge in [0.05, 0.1) is 0 Å². The van der Waals surface area contributed by atoms with E-state index >= 15 is 0 Å². The minimum Gasteiger partial charge on any atom is -0.461 e. The van der Waals surface area contributed by atoms with Crippen LogP contribution >= 0.6 is 0 Å². The van der Waals surface area contributed by atoms with Crippen LogP contribution in [0.25, 0.3) is 0 Å². The largest absolute Gasteiger partial charge is 0.461 e.